The van der Waals surface area contributed by atoms with Gasteiger partial charge in [-0.3, -0.25) is 14.9 Å². The van der Waals surface area contributed by atoms with Crippen molar-refractivity contribution in [1.29, 1.82) is 0 Å². The van der Waals surface area contributed by atoms with Gasteiger partial charge in [-0.2, -0.15) is 13.2 Å². The third-order valence-electron chi connectivity index (χ3n) is 4.88. The lowest BCUT2D eigenvalue weighted by molar-refractivity contribution is -0.384. The summed E-state index contributed by atoms with van der Waals surface area (Å²) in [6.07, 6.45) is 0.978. The second-order valence-corrected chi connectivity index (χ2v) is 6.96. The number of piperidine rings is 1. The highest BCUT2D eigenvalue weighted by molar-refractivity contribution is 5.85. The molecule has 1 aromatic heterocycles. The first kappa shape index (κ1) is 22.2. The van der Waals surface area contributed by atoms with Crippen LogP contribution in [0.15, 0.2) is 36.7 Å². The van der Waals surface area contributed by atoms with Gasteiger partial charge in [-0.05, 0) is 37.5 Å². The van der Waals surface area contributed by atoms with Crippen LogP contribution in [0.4, 0.5) is 30.5 Å². The van der Waals surface area contributed by atoms with Crippen LogP contribution < -0.4 is 15.5 Å². The van der Waals surface area contributed by atoms with Crippen LogP contribution in [0.3, 0.4) is 0 Å². The maximum Gasteiger partial charge on any atom is 0.416 e. The fourth-order valence-electron chi connectivity index (χ4n) is 3.39. The summed E-state index contributed by atoms with van der Waals surface area (Å²) in [6.45, 7) is 0.890. The number of nitrogens with zero attached hydrogens (tertiary/aromatic N) is 4. The smallest absolute Gasteiger partial charge is 0.378 e. The monoisotopic (exact) mass is 438 g/mol. The molecule has 1 fully saturated rings. The van der Waals surface area contributed by atoms with Crippen molar-refractivity contribution in [3.05, 3.63) is 52.3 Å². The van der Waals surface area contributed by atoms with Gasteiger partial charge in [0.2, 0.25) is 11.9 Å². The minimum absolute atomic E-state index is 0.0516. The molecule has 31 heavy (non-hydrogen) atoms. The summed E-state index contributed by atoms with van der Waals surface area (Å²) in [5.41, 5.74) is -1.83. The van der Waals surface area contributed by atoms with Crippen molar-refractivity contribution in [1.82, 2.24) is 15.3 Å². The first-order chi connectivity index (χ1) is 14.8. The van der Waals surface area contributed by atoms with Crippen molar-refractivity contribution in [2.75, 3.05) is 29.9 Å². The molecular formula is C19H21F3N6O3. The molecular weight excluding hydrogens is 417 g/mol. The van der Waals surface area contributed by atoms with E-state index >= 15 is 0 Å². The Bertz CT molecular complexity index is 926. The second kappa shape index (κ2) is 9.58. The Balaban J connectivity index is 1.58. The second-order valence-electron chi connectivity index (χ2n) is 6.96. The van der Waals surface area contributed by atoms with Crippen molar-refractivity contribution in [3.8, 4) is 0 Å². The van der Waals surface area contributed by atoms with Crippen LogP contribution in [0.25, 0.3) is 0 Å². The van der Waals surface area contributed by atoms with Gasteiger partial charge in [0.15, 0.2) is 0 Å². The van der Waals surface area contributed by atoms with Crippen LogP contribution in [0, 0.1) is 10.1 Å². The van der Waals surface area contributed by atoms with Crippen molar-refractivity contribution in [2.24, 2.45) is 0 Å². The lowest BCUT2D eigenvalue weighted by Crippen LogP contribution is -2.51. The summed E-state index contributed by atoms with van der Waals surface area (Å²) in [5, 5.41) is 16.6. The number of nitro benzene ring substituents is 1. The molecule has 9 nitrogen and oxygen atoms in total. The normalized spacial score (nSPS) is 16.6. The van der Waals surface area contributed by atoms with Crippen molar-refractivity contribution in [2.45, 2.75) is 31.5 Å². The number of benzene rings is 1. The van der Waals surface area contributed by atoms with Crippen LogP contribution in [0.5, 0.6) is 0 Å². The minimum Gasteiger partial charge on any atom is -0.378 e. The number of hydrogen-bond acceptors (Lipinski definition) is 7. The quantitative estimate of drug-likeness (QED) is 0.388. The van der Waals surface area contributed by atoms with E-state index in [0.29, 0.717) is 25.0 Å². The van der Waals surface area contributed by atoms with Crippen LogP contribution in [-0.2, 0) is 11.0 Å². The highest BCUT2D eigenvalue weighted by Gasteiger charge is 2.33. The Morgan fingerprint density at radius 1 is 1.23 bits per heavy atom. The molecule has 166 valence electrons. The van der Waals surface area contributed by atoms with E-state index in [1.54, 1.807) is 18.5 Å². The van der Waals surface area contributed by atoms with Gasteiger partial charge >= 0.3 is 6.18 Å². The number of halogens is 3. The van der Waals surface area contributed by atoms with E-state index in [4.69, 9.17) is 0 Å². The molecule has 2 N–H and O–H groups in total. The summed E-state index contributed by atoms with van der Waals surface area (Å²) in [7, 11) is 0. The van der Waals surface area contributed by atoms with Gasteiger partial charge in [-0.15, -0.1) is 0 Å². The Morgan fingerprint density at radius 2 is 1.97 bits per heavy atom. The number of alkyl halides is 3. The number of hydrogen-bond donors (Lipinski definition) is 2. The Hall–Kier alpha value is -3.44. The molecule has 2 heterocycles. The summed E-state index contributed by atoms with van der Waals surface area (Å²) in [6, 6.07) is 3.53. The van der Waals surface area contributed by atoms with Crippen molar-refractivity contribution in [3.63, 3.8) is 0 Å². The molecule has 1 amide bonds. The molecule has 1 aliphatic heterocycles. The Kier molecular flexibility index (Phi) is 6.88. The number of nitrogens with one attached hydrogen (secondary N) is 2. The SMILES string of the molecule is O=C(NCCNc1ccc(C(F)(F)F)cc1[N+](=O)[O-])C1CCCCN1c1ncccn1. The maximum atomic E-state index is 12.8. The summed E-state index contributed by atoms with van der Waals surface area (Å²) >= 11 is 0. The van der Waals surface area contributed by atoms with Gasteiger partial charge in [-0.25, -0.2) is 9.97 Å². The molecule has 0 spiro atoms. The number of carbonyl (C=O) groups excluding carboxylic acids is 1. The van der Waals surface area contributed by atoms with Crippen molar-refractivity contribution >= 4 is 23.2 Å². The summed E-state index contributed by atoms with van der Waals surface area (Å²) < 4.78 is 38.4. The molecule has 0 aliphatic carbocycles. The minimum atomic E-state index is -4.67. The molecule has 3 rings (SSSR count). The zero-order valence-corrected chi connectivity index (χ0v) is 16.4. The average molecular weight is 438 g/mol. The van der Waals surface area contributed by atoms with Crippen LogP contribution in [0.1, 0.15) is 24.8 Å². The third kappa shape index (κ3) is 5.58. The zero-order chi connectivity index (χ0) is 22.4. The van der Waals surface area contributed by atoms with E-state index < -0.39 is 28.4 Å². The third-order valence-corrected chi connectivity index (χ3v) is 4.88. The van der Waals surface area contributed by atoms with E-state index in [-0.39, 0.29) is 24.7 Å². The van der Waals surface area contributed by atoms with Crippen LogP contribution in [0.2, 0.25) is 0 Å². The summed E-state index contributed by atoms with van der Waals surface area (Å²) in [4.78, 5) is 33.1. The lowest BCUT2D eigenvalue weighted by Gasteiger charge is -2.34. The molecule has 1 atom stereocenters. The fraction of sp³-hybridized carbons (Fsp3) is 0.421. The predicted molar refractivity (Wildman–Crippen MR) is 107 cm³/mol. The largest absolute Gasteiger partial charge is 0.416 e. The molecule has 0 bridgehead atoms. The zero-order valence-electron chi connectivity index (χ0n) is 16.4. The van der Waals surface area contributed by atoms with E-state index in [0.717, 1.165) is 25.0 Å². The summed E-state index contributed by atoms with van der Waals surface area (Å²) in [5.74, 6) is 0.247. The standard InChI is InChI=1S/C19H21F3N6O3/c20-19(21,22)13-5-6-14(16(12-13)28(30)31)23-9-10-24-17(29)15-4-1-2-11-27(15)18-25-7-3-8-26-18/h3,5-8,12,15,23H,1-2,4,9-11H2,(H,24,29). The highest BCUT2D eigenvalue weighted by atomic mass is 19.4. The lowest BCUT2D eigenvalue weighted by atomic mass is 10.0. The van der Waals surface area contributed by atoms with Crippen molar-refractivity contribution < 1.29 is 22.9 Å². The highest BCUT2D eigenvalue weighted by Crippen LogP contribution is 2.34. The topological polar surface area (TPSA) is 113 Å². The van der Waals surface area contributed by atoms with E-state index in [2.05, 4.69) is 20.6 Å². The van der Waals surface area contributed by atoms with Gasteiger partial charge in [0.1, 0.15) is 11.7 Å². The van der Waals surface area contributed by atoms with Crippen LogP contribution >= 0.6 is 0 Å². The number of carbonyl (C=O) groups is 1. The predicted octanol–water partition coefficient (Wildman–Crippen LogP) is 2.99. The number of nitro groups is 1. The molecule has 0 saturated carbocycles. The molecule has 1 aromatic carbocycles. The molecule has 1 aliphatic rings. The number of anilines is 2. The molecule has 2 aromatic rings. The van der Waals surface area contributed by atoms with Gasteiger partial charge in [0.05, 0.1) is 10.5 Å². The molecule has 1 saturated heterocycles. The van der Waals surface area contributed by atoms with Gasteiger partial charge < -0.3 is 15.5 Å². The van der Waals surface area contributed by atoms with E-state index in [1.165, 1.54) is 0 Å². The molecule has 1 unspecified atom stereocenters. The first-order valence-electron chi connectivity index (χ1n) is 9.68. The van der Waals surface area contributed by atoms with E-state index in [1.807, 2.05) is 4.90 Å². The van der Waals surface area contributed by atoms with Crippen LogP contribution in [-0.4, -0.2) is 46.5 Å². The Morgan fingerprint density at radius 3 is 2.65 bits per heavy atom. The number of amides is 1. The van der Waals surface area contributed by atoms with Gasteiger partial charge in [0, 0.05) is 38.1 Å². The maximum absolute atomic E-state index is 12.8. The molecule has 12 heteroatoms. The van der Waals surface area contributed by atoms with E-state index in [9.17, 15) is 28.1 Å². The first-order valence-corrected chi connectivity index (χ1v) is 9.68. The number of rotatable bonds is 7. The van der Waals surface area contributed by atoms with Gasteiger partial charge in [-0.1, -0.05) is 0 Å². The average Bonchev–Trinajstić information content (AvgIpc) is 2.76. The van der Waals surface area contributed by atoms with Gasteiger partial charge in [0.25, 0.3) is 5.69 Å². The number of aromatic nitrogens is 2. The molecule has 0 radical (unpaired) electrons. The Labute approximate surface area is 175 Å². The fourth-order valence-corrected chi connectivity index (χ4v) is 3.39.